The molecule has 140 valence electrons. The van der Waals surface area contributed by atoms with Crippen LogP contribution in [0.4, 0.5) is 17.3 Å². The molecule has 3 N–H and O–H groups in total. The van der Waals surface area contributed by atoms with Crippen LogP contribution in [0.1, 0.15) is 13.3 Å². The predicted octanol–water partition coefficient (Wildman–Crippen LogP) is 0.335. The Bertz CT molecular complexity index is 528. The zero-order valence-corrected chi connectivity index (χ0v) is 15.3. The quantitative estimate of drug-likeness (QED) is 0.682. The maximum Gasteiger partial charge on any atom is 0.157 e. The fraction of sp³-hybridized carbons (Fsp3) is 0.765. The van der Waals surface area contributed by atoms with Gasteiger partial charge in [-0.05, 0) is 19.5 Å². The van der Waals surface area contributed by atoms with E-state index in [4.69, 9.17) is 10.5 Å². The number of nitrogens with zero attached hydrogens (tertiary/aromatic N) is 5. The zero-order chi connectivity index (χ0) is 17.5. The third-order valence-corrected chi connectivity index (χ3v) is 5.03. The van der Waals surface area contributed by atoms with Crippen LogP contribution in [0.15, 0.2) is 6.33 Å². The Hall–Kier alpha value is -1.64. The van der Waals surface area contributed by atoms with Crippen LogP contribution in [0.25, 0.3) is 0 Å². The van der Waals surface area contributed by atoms with Crippen molar-refractivity contribution >= 4 is 17.3 Å². The average molecular weight is 349 g/mol. The smallest absolute Gasteiger partial charge is 0.157 e. The Morgan fingerprint density at radius 1 is 1.08 bits per heavy atom. The first-order valence-electron chi connectivity index (χ1n) is 9.39. The number of anilines is 3. The summed E-state index contributed by atoms with van der Waals surface area (Å²) in [6, 6.07) is 0. The first-order chi connectivity index (χ1) is 12.3. The van der Waals surface area contributed by atoms with Crippen molar-refractivity contribution in [2.24, 2.45) is 0 Å². The number of hydrogen-bond acceptors (Lipinski definition) is 8. The van der Waals surface area contributed by atoms with E-state index in [1.165, 1.54) is 0 Å². The molecule has 0 aromatic carbocycles. The molecule has 3 heterocycles. The number of nitrogens with one attached hydrogen (secondary N) is 1. The number of morpholine rings is 1. The van der Waals surface area contributed by atoms with E-state index in [2.05, 4.69) is 36.9 Å². The summed E-state index contributed by atoms with van der Waals surface area (Å²) in [5.74, 6) is 1.62. The van der Waals surface area contributed by atoms with Gasteiger partial charge < -0.3 is 25.6 Å². The highest BCUT2D eigenvalue weighted by molar-refractivity contribution is 5.74. The Morgan fingerprint density at radius 3 is 2.56 bits per heavy atom. The third-order valence-electron chi connectivity index (χ3n) is 5.03. The molecule has 8 heteroatoms. The average Bonchev–Trinajstić information content (AvgIpc) is 2.67. The minimum Gasteiger partial charge on any atom is -0.393 e. The molecule has 0 aliphatic carbocycles. The summed E-state index contributed by atoms with van der Waals surface area (Å²) in [6.45, 7) is 13.0. The zero-order valence-electron chi connectivity index (χ0n) is 15.3. The highest BCUT2D eigenvalue weighted by Gasteiger charge is 2.20. The minimum absolute atomic E-state index is 0.666. The first kappa shape index (κ1) is 18.2. The standard InChI is InChI=1S/C17H31N7O/c1-2-22-6-8-24(9-7-22)17-15(18)16(20-14-21-17)19-4-3-5-23-10-12-25-13-11-23/h14H,2-13,18H2,1H3,(H,19,20,21). The van der Waals surface area contributed by atoms with E-state index in [1.807, 2.05) is 0 Å². The van der Waals surface area contributed by atoms with Gasteiger partial charge in [0.25, 0.3) is 0 Å². The fourth-order valence-corrected chi connectivity index (χ4v) is 3.39. The summed E-state index contributed by atoms with van der Waals surface area (Å²) in [5, 5.41) is 3.38. The molecule has 25 heavy (non-hydrogen) atoms. The van der Waals surface area contributed by atoms with Crippen LogP contribution in [0.2, 0.25) is 0 Å². The number of nitrogen functional groups attached to an aromatic ring is 1. The van der Waals surface area contributed by atoms with Gasteiger partial charge in [-0.3, -0.25) is 4.90 Å². The molecule has 0 atom stereocenters. The normalized spacial score (nSPS) is 20.0. The summed E-state index contributed by atoms with van der Waals surface area (Å²) >= 11 is 0. The summed E-state index contributed by atoms with van der Waals surface area (Å²) in [7, 11) is 0. The van der Waals surface area contributed by atoms with E-state index >= 15 is 0 Å². The lowest BCUT2D eigenvalue weighted by atomic mass is 10.3. The second-order valence-corrected chi connectivity index (χ2v) is 6.62. The van der Waals surface area contributed by atoms with Crippen molar-refractivity contribution in [2.75, 3.05) is 88.1 Å². The van der Waals surface area contributed by atoms with Crippen molar-refractivity contribution in [1.82, 2.24) is 19.8 Å². The topological polar surface area (TPSA) is 82.8 Å². The van der Waals surface area contributed by atoms with E-state index in [9.17, 15) is 0 Å². The van der Waals surface area contributed by atoms with Crippen molar-refractivity contribution in [3.05, 3.63) is 6.33 Å². The number of ether oxygens (including phenoxy) is 1. The number of rotatable bonds is 7. The third kappa shape index (κ3) is 4.93. The van der Waals surface area contributed by atoms with Gasteiger partial charge in [0.15, 0.2) is 11.6 Å². The molecule has 0 spiro atoms. The monoisotopic (exact) mass is 349 g/mol. The van der Waals surface area contributed by atoms with Gasteiger partial charge in [0.2, 0.25) is 0 Å². The maximum absolute atomic E-state index is 6.34. The van der Waals surface area contributed by atoms with Gasteiger partial charge in [-0.2, -0.15) is 0 Å². The van der Waals surface area contributed by atoms with Gasteiger partial charge in [0.05, 0.1) is 13.2 Å². The molecule has 2 aliphatic heterocycles. The molecule has 0 bridgehead atoms. The van der Waals surface area contributed by atoms with Crippen molar-refractivity contribution in [3.8, 4) is 0 Å². The lowest BCUT2D eigenvalue weighted by molar-refractivity contribution is 0.0378. The molecule has 2 saturated heterocycles. The highest BCUT2D eigenvalue weighted by atomic mass is 16.5. The van der Waals surface area contributed by atoms with Crippen molar-refractivity contribution < 1.29 is 4.74 Å². The Labute approximate surface area is 150 Å². The van der Waals surface area contributed by atoms with Gasteiger partial charge >= 0.3 is 0 Å². The van der Waals surface area contributed by atoms with Crippen molar-refractivity contribution in [2.45, 2.75) is 13.3 Å². The van der Waals surface area contributed by atoms with Crippen LogP contribution < -0.4 is 16.0 Å². The Balaban J connectivity index is 1.49. The predicted molar refractivity (Wildman–Crippen MR) is 101 cm³/mol. The maximum atomic E-state index is 6.34. The van der Waals surface area contributed by atoms with Crippen LogP contribution in [0, 0.1) is 0 Å². The lowest BCUT2D eigenvalue weighted by Crippen LogP contribution is -2.46. The van der Waals surface area contributed by atoms with E-state index in [1.54, 1.807) is 6.33 Å². The summed E-state index contributed by atoms with van der Waals surface area (Å²) in [6.07, 6.45) is 2.68. The summed E-state index contributed by atoms with van der Waals surface area (Å²) in [5.41, 5.74) is 7.00. The molecule has 3 rings (SSSR count). The van der Waals surface area contributed by atoms with Crippen molar-refractivity contribution in [1.29, 1.82) is 0 Å². The van der Waals surface area contributed by atoms with Crippen LogP contribution in [0.3, 0.4) is 0 Å². The number of hydrogen-bond donors (Lipinski definition) is 2. The molecular formula is C17H31N7O. The van der Waals surface area contributed by atoms with Crippen molar-refractivity contribution in [3.63, 3.8) is 0 Å². The first-order valence-corrected chi connectivity index (χ1v) is 9.39. The van der Waals surface area contributed by atoms with Crippen LogP contribution in [0.5, 0.6) is 0 Å². The molecule has 8 nitrogen and oxygen atoms in total. The minimum atomic E-state index is 0.666. The molecule has 0 unspecified atom stereocenters. The van der Waals surface area contributed by atoms with E-state index in [0.29, 0.717) is 5.69 Å². The van der Waals surface area contributed by atoms with Crippen LogP contribution in [-0.2, 0) is 4.74 Å². The van der Waals surface area contributed by atoms with E-state index in [-0.39, 0.29) is 0 Å². The van der Waals surface area contributed by atoms with Gasteiger partial charge in [-0.25, -0.2) is 9.97 Å². The Morgan fingerprint density at radius 2 is 1.84 bits per heavy atom. The second-order valence-electron chi connectivity index (χ2n) is 6.62. The van der Waals surface area contributed by atoms with Gasteiger partial charge in [-0.15, -0.1) is 0 Å². The van der Waals surface area contributed by atoms with Crippen LogP contribution >= 0.6 is 0 Å². The van der Waals surface area contributed by atoms with Gasteiger partial charge in [-0.1, -0.05) is 6.92 Å². The molecule has 0 radical (unpaired) electrons. The molecular weight excluding hydrogens is 318 g/mol. The fourth-order valence-electron chi connectivity index (χ4n) is 3.39. The lowest BCUT2D eigenvalue weighted by Gasteiger charge is -2.35. The Kier molecular flexibility index (Phi) is 6.66. The molecule has 0 amide bonds. The second kappa shape index (κ2) is 9.17. The molecule has 2 fully saturated rings. The number of aromatic nitrogens is 2. The molecule has 2 aliphatic rings. The van der Waals surface area contributed by atoms with E-state index in [0.717, 1.165) is 90.2 Å². The molecule has 1 aromatic heterocycles. The SMILES string of the molecule is CCN1CCN(c2ncnc(NCCCN3CCOCC3)c2N)CC1. The van der Waals surface area contributed by atoms with Crippen LogP contribution in [-0.4, -0.2) is 91.9 Å². The number of nitrogens with two attached hydrogens (primary N) is 1. The number of piperazine rings is 1. The van der Waals surface area contributed by atoms with Gasteiger partial charge in [0, 0.05) is 45.8 Å². The van der Waals surface area contributed by atoms with Gasteiger partial charge in [0.1, 0.15) is 12.0 Å². The highest BCUT2D eigenvalue weighted by Crippen LogP contribution is 2.26. The molecule has 0 saturated carbocycles. The molecule has 1 aromatic rings. The van der Waals surface area contributed by atoms with E-state index < -0.39 is 0 Å². The number of likely N-dealkylation sites (N-methyl/N-ethyl adjacent to an activating group) is 1. The largest absolute Gasteiger partial charge is 0.393 e. The summed E-state index contributed by atoms with van der Waals surface area (Å²) < 4.78 is 5.38. The summed E-state index contributed by atoms with van der Waals surface area (Å²) in [4.78, 5) is 15.9.